The fourth-order valence-electron chi connectivity index (χ4n) is 2.81. The molecule has 0 fully saturated rings. The van der Waals surface area contributed by atoms with Crippen molar-refractivity contribution < 1.29 is 33.8 Å². The van der Waals surface area contributed by atoms with Gasteiger partial charge in [0.15, 0.2) is 0 Å². The number of hydrogen-bond acceptors (Lipinski definition) is 7. The number of phenolic OH excluding ortho intramolecular Hbond substituents is 1. The Morgan fingerprint density at radius 2 is 1.62 bits per heavy atom. The Bertz CT molecular complexity index is 914. The summed E-state index contributed by atoms with van der Waals surface area (Å²) in [4.78, 5) is 47.8. The molecule has 0 aliphatic rings. The lowest BCUT2D eigenvalue weighted by molar-refractivity contribution is -0.154. The number of methoxy groups -OCH3 is 1. The van der Waals surface area contributed by atoms with E-state index in [9.17, 15) is 24.3 Å². The molecule has 0 aliphatic heterocycles. The van der Waals surface area contributed by atoms with Gasteiger partial charge in [0.2, 0.25) is 5.91 Å². The Labute approximate surface area is 185 Å². The minimum atomic E-state index is -1.12. The fraction of sp³-hybridized carbons (Fsp3) is 0.304. The Kier molecular flexibility index (Phi) is 9.70. The number of esters is 2. The minimum absolute atomic E-state index is 0.0518. The molecular weight excluding hydrogens is 416 g/mol. The van der Waals surface area contributed by atoms with Crippen molar-refractivity contribution in [2.45, 2.75) is 31.9 Å². The number of aromatic hydroxyl groups is 1. The van der Waals surface area contributed by atoms with Crippen LogP contribution < -0.4 is 10.6 Å². The van der Waals surface area contributed by atoms with E-state index >= 15 is 0 Å². The van der Waals surface area contributed by atoms with Gasteiger partial charge in [0.05, 0.1) is 13.5 Å². The highest BCUT2D eigenvalue weighted by molar-refractivity contribution is 6.32. The number of hydrogen-bond donors (Lipinski definition) is 3. The van der Waals surface area contributed by atoms with Crippen LogP contribution in [0.4, 0.5) is 0 Å². The Morgan fingerprint density at radius 1 is 0.938 bits per heavy atom. The normalized spacial score (nSPS) is 11.2. The van der Waals surface area contributed by atoms with Gasteiger partial charge in [-0.1, -0.05) is 42.5 Å². The summed E-state index contributed by atoms with van der Waals surface area (Å²) in [6, 6.07) is 14.7. The second-order valence-electron chi connectivity index (χ2n) is 6.98. The summed E-state index contributed by atoms with van der Waals surface area (Å²) in [5.74, 6) is -3.05. The van der Waals surface area contributed by atoms with Gasteiger partial charge in [-0.3, -0.25) is 14.4 Å². The molecule has 32 heavy (non-hydrogen) atoms. The van der Waals surface area contributed by atoms with Crippen LogP contribution in [0.3, 0.4) is 0 Å². The molecule has 0 spiro atoms. The zero-order chi connectivity index (χ0) is 23.3. The Hall–Kier alpha value is -3.88. The number of carbonyl (C=O) groups is 4. The van der Waals surface area contributed by atoms with Gasteiger partial charge in [-0.05, 0) is 29.7 Å². The lowest BCUT2D eigenvalue weighted by Crippen LogP contribution is -2.44. The summed E-state index contributed by atoms with van der Waals surface area (Å²) in [6.45, 7) is 0.371. The monoisotopic (exact) mass is 442 g/mol. The van der Waals surface area contributed by atoms with Gasteiger partial charge < -0.3 is 25.2 Å². The molecule has 0 aromatic heterocycles. The molecule has 9 heteroatoms. The van der Waals surface area contributed by atoms with E-state index in [-0.39, 0.29) is 25.2 Å². The first kappa shape index (κ1) is 24.4. The maximum absolute atomic E-state index is 12.3. The van der Waals surface area contributed by atoms with Crippen LogP contribution >= 0.6 is 0 Å². The molecule has 0 radical (unpaired) electrons. The van der Waals surface area contributed by atoms with Crippen LogP contribution in [0.2, 0.25) is 0 Å². The SMILES string of the molecule is COC(=O)C(=O)NC(CC(=O)NCCc1ccc(O)cc1)CC(=O)OCc1ccccc1. The maximum atomic E-state index is 12.3. The summed E-state index contributed by atoms with van der Waals surface area (Å²) in [7, 11) is 1.06. The van der Waals surface area contributed by atoms with Crippen molar-refractivity contribution in [3.63, 3.8) is 0 Å². The van der Waals surface area contributed by atoms with E-state index in [0.717, 1.165) is 18.2 Å². The van der Waals surface area contributed by atoms with Crippen LogP contribution in [0, 0.1) is 0 Å². The van der Waals surface area contributed by atoms with Crippen molar-refractivity contribution in [2.75, 3.05) is 13.7 Å². The van der Waals surface area contributed by atoms with Crippen LogP contribution in [0.15, 0.2) is 54.6 Å². The number of phenols is 1. The standard InChI is InChI=1S/C23H26N2O7/c1-31-23(30)22(29)25-18(14-21(28)32-15-17-5-3-2-4-6-17)13-20(27)24-12-11-16-7-9-19(26)10-8-16/h2-10,18,26H,11-15H2,1H3,(H,24,27)(H,25,29). The molecule has 2 aromatic rings. The first-order valence-electron chi connectivity index (χ1n) is 10.0. The summed E-state index contributed by atoms with van der Waals surface area (Å²) in [6.07, 6.45) is 0.0179. The molecule has 3 N–H and O–H groups in total. The zero-order valence-corrected chi connectivity index (χ0v) is 17.7. The molecule has 0 bridgehead atoms. The van der Waals surface area contributed by atoms with Crippen molar-refractivity contribution in [2.24, 2.45) is 0 Å². The van der Waals surface area contributed by atoms with Gasteiger partial charge in [0.25, 0.3) is 0 Å². The van der Waals surface area contributed by atoms with Gasteiger partial charge in [0.1, 0.15) is 12.4 Å². The average molecular weight is 442 g/mol. The number of nitrogens with one attached hydrogen (secondary N) is 2. The molecule has 1 atom stereocenters. The smallest absolute Gasteiger partial charge is 0.396 e. The molecule has 1 unspecified atom stereocenters. The lowest BCUT2D eigenvalue weighted by Gasteiger charge is -2.17. The summed E-state index contributed by atoms with van der Waals surface area (Å²) in [5, 5.41) is 14.3. The van der Waals surface area contributed by atoms with Crippen molar-refractivity contribution in [3.8, 4) is 5.75 Å². The minimum Gasteiger partial charge on any atom is -0.508 e. The van der Waals surface area contributed by atoms with Crippen LogP contribution in [0.1, 0.15) is 24.0 Å². The molecule has 0 heterocycles. The van der Waals surface area contributed by atoms with Gasteiger partial charge >= 0.3 is 17.8 Å². The topological polar surface area (TPSA) is 131 Å². The van der Waals surface area contributed by atoms with E-state index < -0.39 is 29.8 Å². The number of benzene rings is 2. The molecular formula is C23H26N2O7. The second-order valence-corrected chi connectivity index (χ2v) is 6.98. The van der Waals surface area contributed by atoms with Crippen LogP contribution in [-0.4, -0.2) is 48.6 Å². The van der Waals surface area contributed by atoms with Crippen LogP contribution in [-0.2, 0) is 41.7 Å². The van der Waals surface area contributed by atoms with Gasteiger partial charge in [-0.15, -0.1) is 0 Å². The molecule has 9 nitrogen and oxygen atoms in total. The summed E-state index contributed by atoms with van der Waals surface area (Å²) in [5.41, 5.74) is 1.71. The van der Waals surface area contributed by atoms with E-state index in [1.165, 1.54) is 0 Å². The first-order chi connectivity index (χ1) is 15.4. The van der Waals surface area contributed by atoms with E-state index in [4.69, 9.17) is 4.74 Å². The second kappa shape index (κ2) is 12.7. The largest absolute Gasteiger partial charge is 0.508 e. The molecule has 2 aromatic carbocycles. The van der Waals surface area contributed by atoms with Crippen molar-refractivity contribution in [1.29, 1.82) is 0 Å². The predicted molar refractivity (Wildman–Crippen MR) is 114 cm³/mol. The number of amides is 2. The third kappa shape index (κ3) is 8.86. The molecule has 0 saturated carbocycles. The van der Waals surface area contributed by atoms with Gasteiger partial charge in [-0.25, -0.2) is 4.79 Å². The number of carbonyl (C=O) groups excluding carboxylic acids is 4. The molecule has 0 saturated heterocycles. The summed E-state index contributed by atoms with van der Waals surface area (Å²) >= 11 is 0. The highest BCUT2D eigenvalue weighted by atomic mass is 16.5. The molecule has 2 rings (SSSR count). The third-order valence-electron chi connectivity index (χ3n) is 4.47. The fourth-order valence-corrected chi connectivity index (χ4v) is 2.81. The number of rotatable bonds is 10. The highest BCUT2D eigenvalue weighted by Gasteiger charge is 2.24. The first-order valence-corrected chi connectivity index (χ1v) is 10.0. The zero-order valence-electron chi connectivity index (χ0n) is 17.7. The van der Waals surface area contributed by atoms with Gasteiger partial charge in [0, 0.05) is 19.0 Å². The predicted octanol–water partition coefficient (Wildman–Crippen LogP) is 1.23. The van der Waals surface area contributed by atoms with Crippen molar-refractivity contribution in [3.05, 3.63) is 65.7 Å². The highest BCUT2D eigenvalue weighted by Crippen LogP contribution is 2.10. The Balaban J connectivity index is 1.87. The quantitative estimate of drug-likeness (QED) is 0.373. The molecule has 0 aliphatic carbocycles. The number of ether oxygens (including phenoxy) is 2. The average Bonchev–Trinajstić information content (AvgIpc) is 2.79. The summed E-state index contributed by atoms with van der Waals surface area (Å²) < 4.78 is 9.56. The van der Waals surface area contributed by atoms with Crippen molar-refractivity contribution >= 4 is 23.8 Å². The van der Waals surface area contributed by atoms with Crippen molar-refractivity contribution in [1.82, 2.24) is 10.6 Å². The molecule has 170 valence electrons. The van der Waals surface area contributed by atoms with Gasteiger partial charge in [-0.2, -0.15) is 0 Å². The van der Waals surface area contributed by atoms with E-state index in [1.54, 1.807) is 36.4 Å². The van der Waals surface area contributed by atoms with E-state index in [1.807, 2.05) is 18.2 Å². The van der Waals surface area contributed by atoms with Crippen LogP contribution in [0.25, 0.3) is 0 Å². The third-order valence-corrected chi connectivity index (χ3v) is 4.47. The Morgan fingerprint density at radius 3 is 2.28 bits per heavy atom. The maximum Gasteiger partial charge on any atom is 0.396 e. The molecule has 2 amide bonds. The van der Waals surface area contributed by atoms with E-state index in [2.05, 4.69) is 15.4 Å². The van der Waals surface area contributed by atoms with E-state index in [0.29, 0.717) is 13.0 Å². The lowest BCUT2D eigenvalue weighted by atomic mass is 10.1. The van der Waals surface area contributed by atoms with Crippen LogP contribution in [0.5, 0.6) is 5.75 Å².